The van der Waals surface area contributed by atoms with E-state index < -0.39 is 43.4 Å². The number of benzene rings is 1. The molecule has 0 saturated heterocycles. The van der Waals surface area contributed by atoms with Crippen LogP contribution >= 0.6 is 0 Å². The highest BCUT2D eigenvalue weighted by Gasteiger charge is 2.26. The van der Waals surface area contributed by atoms with Gasteiger partial charge < -0.3 is 5.32 Å². The number of anilines is 1. The van der Waals surface area contributed by atoms with E-state index in [1.165, 1.54) is 6.92 Å². The average molecular weight is 336 g/mol. The van der Waals surface area contributed by atoms with Crippen LogP contribution in [0.4, 0.5) is 22.7 Å². The van der Waals surface area contributed by atoms with Crippen LogP contribution in [0.1, 0.15) is 16.1 Å². The van der Waals surface area contributed by atoms with Crippen molar-refractivity contribution in [3.8, 4) is 0 Å². The van der Waals surface area contributed by atoms with Crippen molar-refractivity contribution in [2.45, 2.75) is 6.92 Å². The summed E-state index contributed by atoms with van der Waals surface area (Å²) in [5, 5.41) is 40.3. The van der Waals surface area contributed by atoms with Crippen molar-refractivity contribution in [2.24, 2.45) is 0 Å². The molecule has 24 heavy (non-hydrogen) atoms. The van der Waals surface area contributed by atoms with E-state index in [9.17, 15) is 35.1 Å². The first-order valence-corrected chi connectivity index (χ1v) is 6.15. The van der Waals surface area contributed by atoms with Crippen LogP contribution in [-0.4, -0.2) is 30.9 Å². The first-order valence-electron chi connectivity index (χ1n) is 6.15. The highest BCUT2D eigenvalue weighted by Crippen LogP contribution is 2.32. The Balaban J connectivity index is 2.44. The molecular formula is C11H8N6O7. The number of aromatic amines is 1. The number of rotatable bonds is 5. The molecular weight excluding hydrogens is 328 g/mol. The molecule has 0 spiro atoms. The number of nitro groups is 3. The summed E-state index contributed by atoms with van der Waals surface area (Å²) in [6, 6.07) is 1.84. The van der Waals surface area contributed by atoms with Gasteiger partial charge in [0.05, 0.1) is 20.5 Å². The maximum Gasteiger partial charge on any atom is 0.319 e. The number of aromatic nitrogens is 2. The summed E-state index contributed by atoms with van der Waals surface area (Å²) in [4.78, 5) is 42.2. The summed E-state index contributed by atoms with van der Waals surface area (Å²) >= 11 is 0. The standard InChI is InChI=1S/C11H8N6O7/c1-5-7(15(19)20)2-6(3-8(5)16(21)22)13-11(18)10-9(17(23)24)4-12-14-10/h2-4H,1H3,(H,12,14)(H,13,18). The van der Waals surface area contributed by atoms with Gasteiger partial charge in [0.25, 0.3) is 17.3 Å². The molecule has 2 rings (SSSR count). The summed E-state index contributed by atoms with van der Waals surface area (Å²) in [7, 11) is 0. The molecule has 13 heteroatoms. The Morgan fingerprint density at radius 3 is 2.00 bits per heavy atom. The second kappa shape index (κ2) is 6.07. The third-order valence-electron chi connectivity index (χ3n) is 3.05. The zero-order chi connectivity index (χ0) is 18.0. The molecule has 0 atom stereocenters. The Kier molecular flexibility index (Phi) is 4.17. The molecule has 0 aliphatic heterocycles. The fraction of sp³-hybridized carbons (Fsp3) is 0.0909. The van der Waals surface area contributed by atoms with Crippen LogP contribution in [0.2, 0.25) is 0 Å². The maximum atomic E-state index is 12.0. The SMILES string of the molecule is Cc1c([N+](=O)[O-])cc(NC(=O)c2[nH]ncc2[N+](=O)[O-])cc1[N+](=O)[O-]. The molecule has 0 radical (unpaired) electrons. The van der Waals surface area contributed by atoms with Gasteiger partial charge in [-0.1, -0.05) is 0 Å². The number of carbonyl (C=O) groups is 1. The van der Waals surface area contributed by atoms with Crippen molar-refractivity contribution in [2.75, 3.05) is 5.32 Å². The summed E-state index contributed by atoms with van der Waals surface area (Å²) in [5.41, 5.74) is -2.69. The molecule has 0 fully saturated rings. The Hall–Kier alpha value is -3.90. The highest BCUT2D eigenvalue weighted by atomic mass is 16.6. The number of H-pyrrole nitrogens is 1. The van der Waals surface area contributed by atoms with Crippen LogP contribution in [0.5, 0.6) is 0 Å². The maximum absolute atomic E-state index is 12.0. The number of nitrogens with zero attached hydrogens (tertiary/aromatic N) is 4. The highest BCUT2D eigenvalue weighted by molar-refractivity contribution is 6.05. The molecule has 2 aromatic rings. The fourth-order valence-electron chi connectivity index (χ4n) is 1.91. The lowest BCUT2D eigenvalue weighted by atomic mass is 10.1. The van der Waals surface area contributed by atoms with Crippen molar-refractivity contribution < 1.29 is 19.6 Å². The molecule has 0 bridgehead atoms. The van der Waals surface area contributed by atoms with Crippen LogP contribution in [0.25, 0.3) is 0 Å². The molecule has 1 amide bonds. The monoisotopic (exact) mass is 336 g/mol. The predicted molar refractivity (Wildman–Crippen MR) is 77.7 cm³/mol. The molecule has 13 nitrogen and oxygen atoms in total. The van der Waals surface area contributed by atoms with E-state index in [2.05, 4.69) is 15.5 Å². The van der Waals surface area contributed by atoms with Gasteiger partial charge in [-0.25, -0.2) is 0 Å². The van der Waals surface area contributed by atoms with Gasteiger partial charge in [-0.15, -0.1) is 0 Å². The Morgan fingerprint density at radius 1 is 1.04 bits per heavy atom. The lowest BCUT2D eigenvalue weighted by Crippen LogP contribution is -2.14. The van der Waals surface area contributed by atoms with Crippen LogP contribution in [0.3, 0.4) is 0 Å². The molecule has 1 heterocycles. The minimum Gasteiger partial charge on any atom is -0.320 e. The van der Waals surface area contributed by atoms with E-state index in [4.69, 9.17) is 0 Å². The molecule has 1 aromatic heterocycles. The third-order valence-corrected chi connectivity index (χ3v) is 3.05. The van der Waals surface area contributed by atoms with Crippen molar-refractivity contribution in [3.63, 3.8) is 0 Å². The van der Waals surface area contributed by atoms with Crippen molar-refractivity contribution in [3.05, 3.63) is 59.9 Å². The van der Waals surface area contributed by atoms with Crippen LogP contribution < -0.4 is 5.32 Å². The zero-order valence-electron chi connectivity index (χ0n) is 11.9. The summed E-state index contributed by atoms with van der Waals surface area (Å²) in [5.74, 6) is -1.02. The number of carbonyl (C=O) groups excluding carboxylic acids is 1. The molecule has 124 valence electrons. The zero-order valence-corrected chi connectivity index (χ0v) is 11.9. The summed E-state index contributed by atoms with van der Waals surface area (Å²) in [6.45, 7) is 1.20. The quantitative estimate of drug-likeness (QED) is 0.609. The Bertz CT molecular complexity index is 838. The molecule has 0 unspecified atom stereocenters. The predicted octanol–water partition coefficient (Wildman–Crippen LogP) is 1.70. The van der Waals surface area contributed by atoms with Crippen molar-refractivity contribution >= 4 is 28.7 Å². The van der Waals surface area contributed by atoms with Crippen molar-refractivity contribution in [1.82, 2.24) is 10.2 Å². The molecule has 1 aromatic carbocycles. The second-order valence-electron chi connectivity index (χ2n) is 4.50. The largest absolute Gasteiger partial charge is 0.320 e. The fourth-order valence-corrected chi connectivity index (χ4v) is 1.91. The van der Waals surface area contributed by atoms with Gasteiger partial charge in [-0.3, -0.25) is 40.2 Å². The Labute approximate surface area is 131 Å². The number of nitrogens with one attached hydrogen (secondary N) is 2. The molecule has 0 aliphatic rings. The number of amides is 1. The summed E-state index contributed by atoms with van der Waals surface area (Å²) in [6.07, 6.45) is 0.814. The van der Waals surface area contributed by atoms with Gasteiger partial charge in [0.2, 0.25) is 5.69 Å². The number of hydrogen-bond donors (Lipinski definition) is 2. The lowest BCUT2D eigenvalue weighted by molar-refractivity contribution is -0.395. The first-order chi connectivity index (χ1) is 11.2. The normalized spacial score (nSPS) is 10.2. The van der Waals surface area contributed by atoms with E-state index in [0.717, 1.165) is 18.3 Å². The van der Waals surface area contributed by atoms with E-state index >= 15 is 0 Å². The van der Waals surface area contributed by atoms with Crippen molar-refractivity contribution in [1.29, 1.82) is 0 Å². The number of hydrogen-bond acceptors (Lipinski definition) is 8. The smallest absolute Gasteiger partial charge is 0.319 e. The van der Waals surface area contributed by atoms with E-state index in [1.807, 2.05) is 0 Å². The average Bonchev–Trinajstić information content (AvgIpc) is 2.98. The van der Waals surface area contributed by atoms with Gasteiger partial charge in [-0.2, -0.15) is 5.10 Å². The second-order valence-corrected chi connectivity index (χ2v) is 4.50. The summed E-state index contributed by atoms with van der Waals surface area (Å²) < 4.78 is 0. The van der Waals surface area contributed by atoms with Gasteiger partial charge in [0.1, 0.15) is 11.8 Å². The minimum absolute atomic E-state index is 0.185. The lowest BCUT2D eigenvalue weighted by Gasteiger charge is -2.06. The molecule has 2 N–H and O–H groups in total. The van der Waals surface area contributed by atoms with Gasteiger partial charge in [0.15, 0.2) is 0 Å². The van der Waals surface area contributed by atoms with Crippen LogP contribution in [0.15, 0.2) is 18.3 Å². The molecule has 0 saturated carbocycles. The van der Waals surface area contributed by atoms with E-state index in [0.29, 0.717) is 0 Å². The van der Waals surface area contributed by atoms with E-state index in [-0.39, 0.29) is 11.3 Å². The van der Waals surface area contributed by atoms with Gasteiger partial charge in [-0.05, 0) is 6.92 Å². The molecule has 0 aliphatic carbocycles. The Morgan fingerprint density at radius 2 is 1.54 bits per heavy atom. The first kappa shape index (κ1) is 16.5. The topological polar surface area (TPSA) is 187 Å². The third kappa shape index (κ3) is 2.99. The van der Waals surface area contributed by atoms with E-state index in [1.54, 1.807) is 0 Å². The van der Waals surface area contributed by atoms with Gasteiger partial charge in [0, 0.05) is 12.1 Å². The van der Waals surface area contributed by atoms with Crippen LogP contribution in [0, 0.1) is 37.3 Å². The van der Waals surface area contributed by atoms with Gasteiger partial charge >= 0.3 is 5.69 Å². The number of nitro benzene ring substituents is 2. The minimum atomic E-state index is -1.02. The van der Waals surface area contributed by atoms with Crippen LogP contribution in [-0.2, 0) is 0 Å².